The molecule has 0 aliphatic rings. The topological polar surface area (TPSA) is 69.2 Å². The van der Waals surface area contributed by atoms with Gasteiger partial charge in [-0.15, -0.1) is 0 Å². The number of nitro groups is 1. The molecule has 0 aliphatic carbocycles. The fourth-order valence-corrected chi connectivity index (χ4v) is 1.51. The summed E-state index contributed by atoms with van der Waals surface area (Å²) in [5.74, 6) is -0.478. The number of nitrogens with two attached hydrogens (primary N) is 1. The first-order chi connectivity index (χ1) is 7.56. The standard InChI is InChI=1S/C11H15FN2O2/c1-2-3-4-11(13)9-7-8(14(15)16)5-6-10(9)12/h5-7,11H,2-4,13H2,1H3/t11-/m0/s1. The van der Waals surface area contributed by atoms with E-state index in [4.69, 9.17) is 5.73 Å². The number of hydrogen-bond donors (Lipinski definition) is 1. The van der Waals surface area contributed by atoms with E-state index in [9.17, 15) is 14.5 Å². The van der Waals surface area contributed by atoms with Crippen molar-refractivity contribution in [3.8, 4) is 0 Å². The summed E-state index contributed by atoms with van der Waals surface area (Å²) in [5.41, 5.74) is 5.89. The molecule has 0 radical (unpaired) electrons. The van der Waals surface area contributed by atoms with Gasteiger partial charge in [-0.3, -0.25) is 10.1 Å². The van der Waals surface area contributed by atoms with Gasteiger partial charge in [0.05, 0.1) is 4.92 Å². The lowest BCUT2D eigenvalue weighted by molar-refractivity contribution is -0.385. The molecular weight excluding hydrogens is 211 g/mol. The molecule has 88 valence electrons. The largest absolute Gasteiger partial charge is 0.324 e. The van der Waals surface area contributed by atoms with Crippen LogP contribution < -0.4 is 5.73 Å². The molecule has 0 bridgehead atoms. The van der Waals surface area contributed by atoms with E-state index in [-0.39, 0.29) is 11.3 Å². The highest BCUT2D eigenvalue weighted by molar-refractivity contribution is 5.36. The molecule has 1 aromatic rings. The smallest absolute Gasteiger partial charge is 0.269 e. The van der Waals surface area contributed by atoms with Crippen LogP contribution in [0.1, 0.15) is 37.8 Å². The van der Waals surface area contributed by atoms with Crippen molar-refractivity contribution < 1.29 is 9.31 Å². The number of unbranched alkanes of at least 4 members (excludes halogenated alkanes) is 1. The molecule has 0 fully saturated rings. The third-order valence-corrected chi connectivity index (χ3v) is 2.46. The second-order valence-electron chi connectivity index (χ2n) is 3.71. The fourth-order valence-electron chi connectivity index (χ4n) is 1.51. The first-order valence-corrected chi connectivity index (χ1v) is 5.25. The predicted octanol–water partition coefficient (Wildman–Crippen LogP) is 2.92. The van der Waals surface area contributed by atoms with Crippen molar-refractivity contribution in [1.29, 1.82) is 0 Å². The molecular formula is C11H15FN2O2. The zero-order valence-electron chi connectivity index (χ0n) is 9.15. The Morgan fingerprint density at radius 2 is 2.25 bits per heavy atom. The Labute approximate surface area is 93.4 Å². The molecule has 0 saturated heterocycles. The third-order valence-electron chi connectivity index (χ3n) is 2.46. The van der Waals surface area contributed by atoms with Gasteiger partial charge in [-0.1, -0.05) is 19.8 Å². The number of nitro benzene ring substituents is 1. The molecule has 1 rings (SSSR count). The van der Waals surface area contributed by atoms with Crippen LogP contribution in [0.3, 0.4) is 0 Å². The Bertz CT molecular complexity index is 382. The van der Waals surface area contributed by atoms with E-state index in [0.29, 0.717) is 6.42 Å². The van der Waals surface area contributed by atoms with E-state index < -0.39 is 16.8 Å². The predicted molar refractivity (Wildman–Crippen MR) is 59.5 cm³/mol. The zero-order chi connectivity index (χ0) is 12.1. The number of rotatable bonds is 5. The molecule has 0 unspecified atom stereocenters. The SMILES string of the molecule is CCCC[C@H](N)c1cc([N+](=O)[O-])ccc1F. The molecule has 0 aliphatic heterocycles. The molecule has 0 heterocycles. The van der Waals surface area contributed by atoms with Crippen molar-refractivity contribution in [1.82, 2.24) is 0 Å². The van der Waals surface area contributed by atoms with Gasteiger partial charge in [0.15, 0.2) is 0 Å². The number of non-ortho nitro benzene ring substituents is 1. The molecule has 0 amide bonds. The van der Waals surface area contributed by atoms with Crippen molar-refractivity contribution in [2.45, 2.75) is 32.2 Å². The summed E-state index contributed by atoms with van der Waals surface area (Å²) >= 11 is 0. The summed E-state index contributed by atoms with van der Waals surface area (Å²) in [6.45, 7) is 2.01. The van der Waals surface area contributed by atoms with Crippen LogP contribution >= 0.6 is 0 Å². The highest BCUT2D eigenvalue weighted by atomic mass is 19.1. The van der Waals surface area contributed by atoms with E-state index in [1.807, 2.05) is 6.92 Å². The number of hydrogen-bond acceptors (Lipinski definition) is 3. The number of halogens is 1. The second kappa shape index (κ2) is 5.55. The van der Waals surface area contributed by atoms with Crippen molar-refractivity contribution in [2.24, 2.45) is 5.73 Å². The Morgan fingerprint density at radius 3 is 2.81 bits per heavy atom. The highest BCUT2D eigenvalue weighted by Gasteiger charge is 2.15. The minimum absolute atomic E-state index is 0.122. The van der Waals surface area contributed by atoms with Gasteiger partial charge in [-0.05, 0) is 12.5 Å². The summed E-state index contributed by atoms with van der Waals surface area (Å²) in [4.78, 5) is 10.00. The maximum absolute atomic E-state index is 13.4. The van der Waals surface area contributed by atoms with E-state index >= 15 is 0 Å². The minimum atomic E-state index is -0.546. The second-order valence-corrected chi connectivity index (χ2v) is 3.71. The summed E-state index contributed by atoms with van der Waals surface area (Å²) in [7, 11) is 0. The van der Waals surface area contributed by atoms with Crippen LogP contribution in [0.15, 0.2) is 18.2 Å². The first kappa shape index (κ1) is 12.6. The van der Waals surface area contributed by atoms with Crippen LogP contribution in [0.25, 0.3) is 0 Å². The van der Waals surface area contributed by atoms with Crippen molar-refractivity contribution in [3.63, 3.8) is 0 Å². The van der Waals surface area contributed by atoms with Gasteiger partial charge in [0.2, 0.25) is 0 Å². The fraction of sp³-hybridized carbons (Fsp3) is 0.455. The summed E-state index contributed by atoms with van der Waals surface area (Å²) in [5, 5.41) is 10.5. The van der Waals surface area contributed by atoms with Crippen LogP contribution in [-0.2, 0) is 0 Å². The van der Waals surface area contributed by atoms with Gasteiger partial charge in [0.1, 0.15) is 5.82 Å². The number of nitrogens with zero attached hydrogens (tertiary/aromatic N) is 1. The lowest BCUT2D eigenvalue weighted by atomic mass is 10.0. The molecule has 0 spiro atoms. The highest BCUT2D eigenvalue weighted by Crippen LogP contribution is 2.24. The zero-order valence-corrected chi connectivity index (χ0v) is 9.15. The van der Waals surface area contributed by atoms with Crippen molar-refractivity contribution >= 4 is 5.69 Å². The minimum Gasteiger partial charge on any atom is -0.324 e. The molecule has 0 saturated carbocycles. The molecule has 2 N–H and O–H groups in total. The third kappa shape index (κ3) is 3.00. The lowest BCUT2D eigenvalue weighted by Crippen LogP contribution is -2.12. The van der Waals surface area contributed by atoms with E-state index in [0.717, 1.165) is 25.0 Å². The Kier molecular flexibility index (Phi) is 4.37. The van der Waals surface area contributed by atoms with Crippen LogP contribution in [0.2, 0.25) is 0 Å². The summed E-state index contributed by atoms with van der Waals surface area (Å²) < 4.78 is 13.4. The molecule has 0 aromatic heterocycles. The quantitative estimate of drug-likeness (QED) is 0.619. The Balaban J connectivity index is 2.92. The Morgan fingerprint density at radius 1 is 1.56 bits per heavy atom. The van der Waals surface area contributed by atoms with Gasteiger partial charge < -0.3 is 5.73 Å². The molecule has 1 aromatic carbocycles. The average molecular weight is 226 g/mol. The first-order valence-electron chi connectivity index (χ1n) is 5.25. The molecule has 5 heteroatoms. The average Bonchev–Trinajstić information content (AvgIpc) is 2.26. The van der Waals surface area contributed by atoms with E-state index in [1.165, 1.54) is 6.07 Å². The van der Waals surface area contributed by atoms with Crippen LogP contribution in [0, 0.1) is 15.9 Å². The monoisotopic (exact) mass is 226 g/mol. The van der Waals surface area contributed by atoms with Crippen LogP contribution in [0.5, 0.6) is 0 Å². The van der Waals surface area contributed by atoms with Crippen LogP contribution in [-0.4, -0.2) is 4.92 Å². The normalized spacial score (nSPS) is 12.4. The maximum Gasteiger partial charge on any atom is 0.269 e. The maximum atomic E-state index is 13.4. The van der Waals surface area contributed by atoms with Crippen molar-refractivity contribution in [3.05, 3.63) is 39.7 Å². The van der Waals surface area contributed by atoms with Crippen molar-refractivity contribution in [2.75, 3.05) is 0 Å². The lowest BCUT2D eigenvalue weighted by Gasteiger charge is -2.11. The van der Waals surface area contributed by atoms with Crippen LogP contribution in [0.4, 0.5) is 10.1 Å². The number of benzene rings is 1. The van der Waals surface area contributed by atoms with Gasteiger partial charge in [0, 0.05) is 23.7 Å². The van der Waals surface area contributed by atoms with Gasteiger partial charge >= 0.3 is 0 Å². The summed E-state index contributed by atoms with van der Waals surface area (Å²) in [6, 6.07) is 2.99. The molecule has 4 nitrogen and oxygen atoms in total. The summed E-state index contributed by atoms with van der Waals surface area (Å²) in [6.07, 6.45) is 2.47. The van der Waals surface area contributed by atoms with Gasteiger partial charge in [-0.2, -0.15) is 0 Å². The van der Waals surface area contributed by atoms with E-state index in [1.54, 1.807) is 0 Å². The van der Waals surface area contributed by atoms with E-state index in [2.05, 4.69) is 0 Å². The molecule has 1 atom stereocenters. The van der Waals surface area contributed by atoms with Gasteiger partial charge in [-0.25, -0.2) is 4.39 Å². The van der Waals surface area contributed by atoms with Gasteiger partial charge in [0.25, 0.3) is 5.69 Å². The Hall–Kier alpha value is -1.49. The molecule has 16 heavy (non-hydrogen) atoms.